The number of ether oxygens (including phenoxy) is 1. The number of likely N-dealkylation sites (N-methyl/N-ethyl adjacent to an activating group) is 1. The van der Waals surface area contributed by atoms with E-state index in [2.05, 4.69) is 0 Å². The fraction of sp³-hybridized carbons (Fsp3) is 0.235. The van der Waals surface area contributed by atoms with Crippen LogP contribution >= 0.6 is 0 Å². The average Bonchev–Trinajstić information content (AvgIpc) is 2.53. The van der Waals surface area contributed by atoms with Gasteiger partial charge in [0, 0.05) is 31.3 Å². The van der Waals surface area contributed by atoms with Gasteiger partial charge in [-0.05, 0) is 24.3 Å². The maximum absolute atomic E-state index is 11.8. The van der Waals surface area contributed by atoms with Crippen molar-refractivity contribution in [1.82, 2.24) is 0 Å². The predicted molar refractivity (Wildman–Crippen MR) is 84.9 cm³/mol. The van der Waals surface area contributed by atoms with Crippen LogP contribution in [0.4, 0.5) is 5.69 Å². The van der Waals surface area contributed by atoms with Crippen molar-refractivity contribution in [2.24, 2.45) is 0 Å². The quantitative estimate of drug-likeness (QED) is 0.879. The lowest BCUT2D eigenvalue weighted by Gasteiger charge is -2.27. The molecule has 2 aromatic rings. The number of aliphatic hydroxyl groups is 1. The number of hydrogen-bond acceptors (Lipinski definition) is 5. The molecule has 0 bridgehead atoms. The summed E-state index contributed by atoms with van der Waals surface area (Å²) in [5.74, 6) is 0. The topological polar surface area (TPSA) is 62.9 Å². The molecule has 2 atom stereocenters. The predicted octanol–water partition coefficient (Wildman–Crippen LogP) is 2.06. The van der Waals surface area contributed by atoms with E-state index in [0.29, 0.717) is 5.58 Å². The third kappa shape index (κ3) is 2.56. The van der Waals surface area contributed by atoms with Gasteiger partial charge >= 0.3 is 5.63 Å². The Labute approximate surface area is 127 Å². The number of aliphatic hydroxyl groups excluding tert-OH is 1. The minimum atomic E-state index is -0.723. The molecule has 1 aromatic carbocycles. The molecule has 0 fully saturated rings. The van der Waals surface area contributed by atoms with Crippen molar-refractivity contribution in [3.8, 4) is 0 Å². The lowest BCUT2D eigenvalue weighted by Crippen LogP contribution is -2.30. The minimum Gasteiger partial charge on any atom is -0.423 e. The highest BCUT2D eigenvalue weighted by atomic mass is 16.5. The molecule has 0 spiro atoms. The molecule has 22 heavy (non-hydrogen) atoms. The molecule has 1 heterocycles. The van der Waals surface area contributed by atoms with Crippen molar-refractivity contribution >= 4 is 16.7 Å². The number of hydrogen-bond donors (Lipinski definition) is 1. The van der Waals surface area contributed by atoms with E-state index in [1.165, 1.54) is 6.07 Å². The summed E-state index contributed by atoms with van der Waals surface area (Å²) in [5.41, 5.74) is 1.64. The van der Waals surface area contributed by atoms with Gasteiger partial charge in [0.05, 0.1) is 5.69 Å². The van der Waals surface area contributed by atoms with Gasteiger partial charge in [0.2, 0.25) is 0 Å². The van der Waals surface area contributed by atoms with Gasteiger partial charge in [0.15, 0.2) is 0 Å². The number of methoxy groups -OCH3 is 1. The zero-order chi connectivity index (χ0) is 15.7. The van der Waals surface area contributed by atoms with Crippen LogP contribution < -0.4 is 10.5 Å². The van der Waals surface area contributed by atoms with E-state index in [1.807, 2.05) is 36.2 Å². The first-order chi connectivity index (χ1) is 10.6. The summed E-state index contributed by atoms with van der Waals surface area (Å²) < 4.78 is 10.4. The number of allylic oxidation sites excluding steroid dienone is 1. The molecule has 1 aromatic heterocycles. The van der Waals surface area contributed by atoms with E-state index < -0.39 is 11.7 Å². The van der Waals surface area contributed by atoms with E-state index >= 15 is 0 Å². The summed E-state index contributed by atoms with van der Waals surface area (Å²) in [4.78, 5) is 13.6. The Bertz CT molecular complexity index is 806. The van der Waals surface area contributed by atoms with Crippen LogP contribution in [0, 0.1) is 0 Å². The largest absolute Gasteiger partial charge is 0.423 e. The molecule has 0 saturated heterocycles. The van der Waals surface area contributed by atoms with Gasteiger partial charge in [-0.1, -0.05) is 18.2 Å². The summed E-state index contributed by atoms with van der Waals surface area (Å²) >= 11 is 0. The first-order valence-electron chi connectivity index (χ1n) is 6.97. The molecule has 0 saturated carbocycles. The van der Waals surface area contributed by atoms with Crippen molar-refractivity contribution in [1.29, 1.82) is 0 Å². The third-order valence-electron chi connectivity index (χ3n) is 3.78. The van der Waals surface area contributed by atoms with Crippen molar-refractivity contribution in [2.75, 3.05) is 19.1 Å². The third-order valence-corrected chi connectivity index (χ3v) is 3.78. The molecule has 5 heteroatoms. The molecule has 1 N–H and O–H groups in total. The molecule has 114 valence electrons. The monoisotopic (exact) mass is 299 g/mol. The van der Waals surface area contributed by atoms with Crippen LogP contribution in [0.3, 0.4) is 0 Å². The Morgan fingerprint density at radius 2 is 2.09 bits per heavy atom. The van der Waals surface area contributed by atoms with Crippen molar-refractivity contribution < 1.29 is 14.3 Å². The zero-order valence-electron chi connectivity index (χ0n) is 12.4. The molecule has 0 radical (unpaired) electrons. The van der Waals surface area contributed by atoms with Gasteiger partial charge < -0.3 is 19.2 Å². The highest BCUT2D eigenvalue weighted by Crippen LogP contribution is 2.28. The van der Waals surface area contributed by atoms with Crippen molar-refractivity contribution in [2.45, 2.75) is 12.2 Å². The number of fused-ring (bicyclic) bond motifs is 1. The Hall–Kier alpha value is -2.37. The van der Waals surface area contributed by atoms with Crippen LogP contribution in [0.15, 0.2) is 63.5 Å². The van der Waals surface area contributed by atoms with Gasteiger partial charge in [-0.15, -0.1) is 0 Å². The zero-order valence-corrected chi connectivity index (χ0v) is 12.4. The van der Waals surface area contributed by atoms with Crippen molar-refractivity contribution in [3.05, 3.63) is 64.7 Å². The van der Waals surface area contributed by atoms with Crippen LogP contribution in [0.25, 0.3) is 11.0 Å². The summed E-state index contributed by atoms with van der Waals surface area (Å²) in [6.45, 7) is 0. The molecular weight excluding hydrogens is 282 g/mol. The number of rotatable bonds is 3. The van der Waals surface area contributed by atoms with Gasteiger partial charge in [0.1, 0.15) is 17.8 Å². The summed E-state index contributed by atoms with van der Waals surface area (Å²) in [6, 6.07) is 8.81. The summed E-state index contributed by atoms with van der Waals surface area (Å²) in [5, 5.41) is 10.9. The number of benzene rings is 1. The standard InChI is InChI=1S/C17H17NO4/c1-18(11-7-8-16(21-2)14(19)9-11)13-10-17(20)22-15-6-4-3-5-12(13)15/h3-10,14,16,19H,1-2H3. The lowest BCUT2D eigenvalue weighted by molar-refractivity contribution is 0.0410. The van der Waals surface area contributed by atoms with Gasteiger partial charge in [-0.25, -0.2) is 4.79 Å². The molecule has 3 rings (SSSR count). The summed E-state index contributed by atoms with van der Waals surface area (Å²) in [6.07, 6.45) is 4.29. The number of anilines is 1. The first-order valence-corrected chi connectivity index (χ1v) is 6.97. The molecule has 1 aliphatic rings. The van der Waals surface area contributed by atoms with E-state index in [1.54, 1.807) is 25.3 Å². The molecule has 0 amide bonds. The van der Waals surface area contributed by atoms with Gasteiger partial charge in [-0.2, -0.15) is 0 Å². The van der Waals surface area contributed by atoms with Crippen LogP contribution in [-0.2, 0) is 4.74 Å². The first kappa shape index (κ1) is 14.6. The lowest BCUT2D eigenvalue weighted by atomic mass is 10.0. The molecule has 2 unspecified atom stereocenters. The minimum absolute atomic E-state index is 0.352. The second kappa shape index (κ2) is 5.79. The molecule has 1 aliphatic carbocycles. The smallest absolute Gasteiger partial charge is 0.338 e. The average molecular weight is 299 g/mol. The fourth-order valence-corrected chi connectivity index (χ4v) is 2.59. The second-order valence-corrected chi connectivity index (χ2v) is 5.15. The van der Waals surface area contributed by atoms with E-state index in [9.17, 15) is 9.90 Å². The fourth-order valence-electron chi connectivity index (χ4n) is 2.59. The van der Waals surface area contributed by atoms with E-state index in [4.69, 9.17) is 9.15 Å². The summed E-state index contributed by atoms with van der Waals surface area (Å²) in [7, 11) is 3.40. The highest BCUT2D eigenvalue weighted by Gasteiger charge is 2.21. The Balaban J connectivity index is 2.05. The SMILES string of the molecule is COC1C=CC(N(C)c2cc(=O)oc3ccccc23)=CC1O. The maximum atomic E-state index is 11.8. The van der Waals surface area contributed by atoms with Crippen molar-refractivity contribution in [3.63, 3.8) is 0 Å². The van der Waals surface area contributed by atoms with E-state index in [0.717, 1.165) is 16.8 Å². The molecule has 5 nitrogen and oxygen atoms in total. The molecule has 0 aliphatic heterocycles. The van der Waals surface area contributed by atoms with Gasteiger partial charge in [-0.3, -0.25) is 0 Å². The Kier molecular flexibility index (Phi) is 3.83. The maximum Gasteiger partial charge on any atom is 0.338 e. The highest BCUT2D eigenvalue weighted by molar-refractivity contribution is 5.91. The van der Waals surface area contributed by atoms with Crippen LogP contribution in [0.1, 0.15) is 0 Å². The Morgan fingerprint density at radius 3 is 2.82 bits per heavy atom. The number of nitrogens with zero attached hydrogens (tertiary/aromatic N) is 1. The van der Waals surface area contributed by atoms with Gasteiger partial charge in [0.25, 0.3) is 0 Å². The van der Waals surface area contributed by atoms with Crippen LogP contribution in [-0.4, -0.2) is 31.5 Å². The molecular formula is C17H17NO4. The Morgan fingerprint density at radius 1 is 1.32 bits per heavy atom. The van der Waals surface area contributed by atoms with Crippen LogP contribution in [0.2, 0.25) is 0 Å². The van der Waals surface area contributed by atoms with Crippen LogP contribution in [0.5, 0.6) is 0 Å². The van der Waals surface area contributed by atoms with E-state index in [-0.39, 0.29) is 6.10 Å². The number of para-hydroxylation sites is 1. The normalized spacial score (nSPS) is 21.0. The second-order valence-electron chi connectivity index (χ2n) is 5.15.